The Labute approximate surface area is 199 Å². The number of nitrogens with zero attached hydrogens (tertiary/aromatic N) is 1. The zero-order valence-corrected chi connectivity index (χ0v) is 20.2. The van der Waals surface area contributed by atoms with Crippen molar-refractivity contribution in [2.45, 2.75) is 4.90 Å². The van der Waals surface area contributed by atoms with Gasteiger partial charge < -0.3 is 13.7 Å². The molecule has 9 heteroatoms. The van der Waals surface area contributed by atoms with Crippen LogP contribution >= 0.6 is 27.5 Å². The minimum absolute atomic E-state index is 0.0115. The van der Waals surface area contributed by atoms with Gasteiger partial charge in [0.05, 0.1) is 30.3 Å². The van der Waals surface area contributed by atoms with E-state index in [1.807, 2.05) is 0 Å². The molecular formula is C23H17BrClNO5S. The maximum absolute atomic E-state index is 12.7. The van der Waals surface area contributed by atoms with Crippen LogP contribution in [0.4, 0.5) is 0 Å². The smallest absolute Gasteiger partial charge is 0.339 e. The molecule has 0 amide bonds. The van der Waals surface area contributed by atoms with E-state index >= 15 is 0 Å². The van der Waals surface area contributed by atoms with Crippen molar-refractivity contribution in [3.05, 3.63) is 81.3 Å². The lowest BCUT2D eigenvalue weighted by molar-refractivity contribution is 0.389. The van der Waals surface area contributed by atoms with Crippen molar-refractivity contribution in [3.8, 4) is 23.3 Å². The van der Waals surface area contributed by atoms with Crippen molar-refractivity contribution in [2.24, 2.45) is 0 Å². The largest absolute Gasteiger partial charge is 0.497 e. The summed E-state index contributed by atoms with van der Waals surface area (Å²) in [6, 6.07) is 18.1. The first kappa shape index (κ1) is 23.7. The molecule has 0 bridgehead atoms. The maximum atomic E-state index is 12.7. The lowest BCUT2D eigenvalue weighted by Gasteiger charge is -2.14. The van der Waals surface area contributed by atoms with Gasteiger partial charge in [0.2, 0.25) is 0 Å². The second-order valence-corrected chi connectivity index (χ2v) is 9.26. The summed E-state index contributed by atoms with van der Waals surface area (Å²) in [7, 11) is -1.16. The summed E-state index contributed by atoms with van der Waals surface area (Å²) in [5, 5.41) is 10.0. The quantitative estimate of drug-likeness (QED) is 0.211. The number of hydrogen-bond donors (Lipinski definition) is 0. The van der Waals surface area contributed by atoms with Gasteiger partial charge in [0.25, 0.3) is 0 Å². The minimum Gasteiger partial charge on any atom is -0.497 e. The standard InChI is InChI=1S/C23H17BrClNO5S/c1-29-19-7-3-16(4-8-19)17(14-26)11-15-12-21(24)23(22(13-15)30-2)31-32(27,28)20-9-5-18(25)6-10-20/h3-13H,1-2H3/b17-11+. The van der Waals surface area contributed by atoms with Crippen LogP contribution in [0.15, 0.2) is 70.0 Å². The Kier molecular flexibility index (Phi) is 7.46. The first-order valence-corrected chi connectivity index (χ1v) is 11.7. The van der Waals surface area contributed by atoms with Gasteiger partial charge in [0.15, 0.2) is 11.5 Å². The maximum Gasteiger partial charge on any atom is 0.339 e. The molecule has 164 valence electrons. The highest BCUT2D eigenvalue weighted by Crippen LogP contribution is 2.39. The lowest BCUT2D eigenvalue weighted by atomic mass is 10.0. The van der Waals surface area contributed by atoms with Gasteiger partial charge in [-0.2, -0.15) is 13.7 Å². The van der Waals surface area contributed by atoms with Crippen LogP contribution in [0.3, 0.4) is 0 Å². The summed E-state index contributed by atoms with van der Waals surface area (Å²) in [6.07, 6.45) is 1.66. The molecule has 0 N–H and O–H groups in total. The molecule has 0 aliphatic carbocycles. The molecule has 0 spiro atoms. The molecule has 0 saturated carbocycles. The SMILES string of the molecule is COc1ccc(/C(C#N)=C/c2cc(Br)c(OS(=O)(=O)c3ccc(Cl)cc3)c(OC)c2)cc1. The number of halogens is 2. The highest BCUT2D eigenvalue weighted by molar-refractivity contribution is 9.10. The molecular weight excluding hydrogens is 518 g/mol. The Balaban J connectivity index is 1.97. The lowest BCUT2D eigenvalue weighted by Crippen LogP contribution is -2.11. The molecule has 0 aromatic heterocycles. The molecule has 0 aliphatic heterocycles. The first-order valence-electron chi connectivity index (χ1n) is 9.11. The van der Waals surface area contributed by atoms with Gasteiger partial charge in [-0.3, -0.25) is 0 Å². The number of ether oxygens (including phenoxy) is 2. The zero-order valence-electron chi connectivity index (χ0n) is 17.0. The average molecular weight is 535 g/mol. The Bertz CT molecular complexity index is 1300. The first-order chi connectivity index (χ1) is 15.3. The average Bonchev–Trinajstić information content (AvgIpc) is 2.79. The van der Waals surface area contributed by atoms with Gasteiger partial charge in [0, 0.05) is 5.02 Å². The number of hydrogen-bond acceptors (Lipinski definition) is 6. The second kappa shape index (κ2) is 10.1. The van der Waals surface area contributed by atoms with E-state index in [2.05, 4.69) is 22.0 Å². The molecule has 0 atom stereocenters. The van der Waals surface area contributed by atoms with Crippen LogP contribution in [0.2, 0.25) is 5.02 Å². The highest BCUT2D eigenvalue weighted by Gasteiger charge is 2.22. The predicted octanol–water partition coefficient (Wildman–Crippen LogP) is 5.95. The molecule has 0 radical (unpaired) electrons. The molecule has 0 unspecified atom stereocenters. The van der Waals surface area contributed by atoms with E-state index < -0.39 is 10.1 Å². The highest BCUT2D eigenvalue weighted by atomic mass is 79.9. The molecule has 3 rings (SSSR count). The van der Waals surface area contributed by atoms with Gasteiger partial charge in [-0.1, -0.05) is 11.6 Å². The third-order valence-electron chi connectivity index (χ3n) is 4.38. The molecule has 0 aliphatic rings. The van der Waals surface area contributed by atoms with E-state index in [1.54, 1.807) is 49.6 Å². The van der Waals surface area contributed by atoms with Crippen LogP contribution in [0.25, 0.3) is 11.6 Å². The van der Waals surface area contributed by atoms with Crippen LogP contribution in [0.5, 0.6) is 17.2 Å². The van der Waals surface area contributed by atoms with Gasteiger partial charge >= 0.3 is 10.1 Å². The van der Waals surface area contributed by atoms with E-state index in [4.69, 9.17) is 25.3 Å². The topological polar surface area (TPSA) is 85.6 Å². The van der Waals surface area contributed by atoms with E-state index in [1.165, 1.54) is 31.4 Å². The number of nitriles is 1. The van der Waals surface area contributed by atoms with Crippen LogP contribution in [0, 0.1) is 11.3 Å². The molecule has 3 aromatic carbocycles. The van der Waals surface area contributed by atoms with Gasteiger partial charge in [-0.15, -0.1) is 0 Å². The summed E-state index contributed by atoms with van der Waals surface area (Å²) in [5.41, 5.74) is 1.72. The van der Waals surface area contributed by atoms with E-state index in [0.29, 0.717) is 31.9 Å². The fraction of sp³-hybridized carbons (Fsp3) is 0.0870. The fourth-order valence-corrected chi connectivity index (χ4v) is 4.51. The minimum atomic E-state index is -4.12. The summed E-state index contributed by atoms with van der Waals surface area (Å²) >= 11 is 9.17. The molecule has 0 fully saturated rings. The van der Waals surface area contributed by atoms with E-state index in [-0.39, 0.29) is 16.4 Å². The Morgan fingerprint density at radius 2 is 1.69 bits per heavy atom. The van der Waals surface area contributed by atoms with Crippen molar-refractivity contribution in [1.29, 1.82) is 5.26 Å². The van der Waals surface area contributed by atoms with Gasteiger partial charge in [-0.05, 0) is 93.8 Å². The van der Waals surface area contributed by atoms with Crippen molar-refractivity contribution in [3.63, 3.8) is 0 Å². The van der Waals surface area contributed by atoms with Gasteiger partial charge in [-0.25, -0.2) is 0 Å². The molecule has 3 aromatic rings. The third kappa shape index (κ3) is 5.43. The third-order valence-corrected chi connectivity index (χ3v) is 6.46. The van der Waals surface area contributed by atoms with E-state index in [0.717, 1.165) is 0 Å². The number of methoxy groups -OCH3 is 2. The van der Waals surface area contributed by atoms with Gasteiger partial charge in [0.1, 0.15) is 10.6 Å². The Morgan fingerprint density at radius 3 is 2.25 bits per heavy atom. The Morgan fingerprint density at radius 1 is 1.03 bits per heavy atom. The molecule has 0 heterocycles. The van der Waals surface area contributed by atoms with E-state index in [9.17, 15) is 13.7 Å². The van der Waals surface area contributed by atoms with Crippen molar-refractivity contribution in [1.82, 2.24) is 0 Å². The zero-order chi connectivity index (χ0) is 23.3. The number of allylic oxidation sites excluding steroid dienone is 1. The Hall–Kier alpha value is -2.99. The van der Waals surface area contributed by atoms with Crippen LogP contribution in [0.1, 0.15) is 11.1 Å². The fourth-order valence-electron chi connectivity index (χ4n) is 2.78. The van der Waals surface area contributed by atoms with Crippen LogP contribution in [-0.4, -0.2) is 22.6 Å². The summed E-state index contributed by atoms with van der Waals surface area (Å²) in [4.78, 5) is -0.0499. The molecule has 6 nitrogen and oxygen atoms in total. The van der Waals surface area contributed by atoms with Crippen molar-refractivity contribution >= 4 is 49.3 Å². The summed E-state index contributed by atoms with van der Waals surface area (Å²) in [5.74, 6) is 0.844. The number of rotatable bonds is 7. The second-order valence-electron chi connectivity index (χ2n) is 6.42. The van der Waals surface area contributed by atoms with Crippen molar-refractivity contribution in [2.75, 3.05) is 14.2 Å². The van der Waals surface area contributed by atoms with Crippen LogP contribution in [-0.2, 0) is 10.1 Å². The molecule has 0 saturated heterocycles. The summed E-state index contributed by atoms with van der Waals surface area (Å²) < 4.78 is 41.5. The monoisotopic (exact) mass is 533 g/mol. The summed E-state index contributed by atoms with van der Waals surface area (Å²) in [6.45, 7) is 0. The number of benzene rings is 3. The predicted molar refractivity (Wildman–Crippen MR) is 126 cm³/mol. The van der Waals surface area contributed by atoms with Crippen molar-refractivity contribution < 1.29 is 22.1 Å². The van der Waals surface area contributed by atoms with Crippen LogP contribution < -0.4 is 13.7 Å². The molecule has 32 heavy (non-hydrogen) atoms. The normalized spacial score (nSPS) is 11.5.